The van der Waals surface area contributed by atoms with Gasteiger partial charge in [-0.1, -0.05) is 6.07 Å². The second-order valence-electron chi connectivity index (χ2n) is 4.62. The SMILES string of the molecule is CC(C)Oc1ncnc(N(C)c2cccc(F)c2)c1N. The maximum Gasteiger partial charge on any atom is 0.242 e. The van der Waals surface area contributed by atoms with Gasteiger partial charge in [-0.15, -0.1) is 0 Å². The number of benzene rings is 1. The van der Waals surface area contributed by atoms with E-state index in [2.05, 4.69) is 9.97 Å². The number of rotatable bonds is 4. The molecular weight excluding hydrogens is 259 g/mol. The van der Waals surface area contributed by atoms with Gasteiger partial charge in [0.05, 0.1) is 6.10 Å². The Morgan fingerprint density at radius 1 is 1.30 bits per heavy atom. The standard InChI is InChI=1S/C14H17FN4O/c1-9(2)20-14-12(16)13(17-8-18-14)19(3)11-6-4-5-10(15)7-11/h4-9H,16H2,1-3H3. The lowest BCUT2D eigenvalue weighted by molar-refractivity contribution is 0.234. The van der Waals surface area contributed by atoms with Crippen LogP contribution in [0.2, 0.25) is 0 Å². The first-order valence-corrected chi connectivity index (χ1v) is 6.25. The number of halogens is 1. The third-order valence-electron chi connectivity index (χ3n) is 2.69. The first kappa shape index (κ1) is 14.0. The van der Waals surface area contributed by atoms with Crippen molar-refractivity contribution in [3.63, 3.8) is 0 Å². The number of ether oxygens (including phenoxy) is 1. The van der Waals surface area contributed by atoms with Gasteiger partial charge in [-0.2, -0.15) is 4.98 Å². The van der Waals surface area contributed by atoms with Crippen molar-refractivity contribution in [3.8, 4) is 5.88 Å². The van der Waals surface area contributed by atoms with Crippen LogP contribution >= 0.6 is 0 Å². The van der Waals surface area contributed by atoms with E-state index in [1.807, 2.05) is 13.8 Å². The minimum absolute atomic E-state index is 0.0421. The van der Waals surface area contributed by atoms with Crippen molar-refractivity contribution in [2.24, 2.45) is 0 Å². The van der Waals surface area contributed by atoms with Crippen LogP contribution in [-0.2, 0) is 0 Å². The first-order valence-electron chi connectivity index (χ1n) is 6.25. The second-order valence-corrected chi connectivity index (χ2v) is 4.62. The van der Waals surface area contributed by atoms with Crippen molar-refractivity contribution in [2.45, 2.75) is 20.0 Å². The lowest BCUT2D eigenvalue weighted by atomic mass is 10.3. The Morgan fingerprint density at radius 2 is 2.05 bits per heavy atom. The maximum absolute atomic E-state index is 13.3. The second kappa shape index (κ2) is 5.73. The molecule has 1 aromatic heterocycles. The third kappa shape index (κ3) is 2.96. The van der Waals surface area contributed by atoms with Crippen LogP contribution in [-0.4, -0.2) is 23.1 Å². The van der Waals surface area contributed by atoms with E-state index in [9.17, 15) is 4.39 Å². The average molecular weight is 276 g/mol. The summed E-state index contributed by atoms with van der Waals surface area (Å²) in [4.78, 5) is 9.84. The number of hydrogen-bond acceptors (Lipinski definition) is 5. The summed E-state index contributed by atoms with van der Waals surface area (Å²) in [6.07, 6.45) is 1.33. The zero-order valence-electron chi connectivity index (χ0n) is 11.7. The van der Waals surface area contributed by atoms with Crippen LogP contribution in [0, 0.1) is 5.82 Å². The molecule has 0 aliphatic rings. The fraction of sp³-hybridized carbons (Fsp3) is 0.286. The Hall–Kier alpha value is -2.37. The highest BCUT2D eigenvalue weighted by Gasteiger charge is 2.15. The fourth-order valence-electron chi connectivity index (χ4n) is 1.76. The molecule has 2 aromatic rings. The van der Waals surface area contributed by atoms with Crippen LogP contribution in [0.1, 0.15) is 13.8 Å². The molecule has 2 rings (SSSR count). The van der Waals surface area contributed by atoms with Gasteiger partial charge >= 0.3 is 0 Å². The lowest BCUT2D eigenvalue weighted by Gasteiger charge is -2.21. The molecule has 1 aromatic carbocycles. The number of nitrogen functional groups attached to an aromatic ring is 1. The summed E-state index contributed by atoms with van der Waals surface area (Å²) in [6.45, 7) is 3.77. The molecule has 0 aliphatic heterocycles. The largest absolute Gasteiger partial charge is 0.473 e. The van der Waals surface area contributed by atoms with Crippen LogP contribution in [0.3, 0.4) is 0 Å². The fourth-order valence-corrected chi connectivity index (χ4v) is 1.76. The highest BCUT2D eigenvalue weighted by Crippen LogP contribution is 2.32. The summed E-state index contributed by atoms with van der Waals surface area (Å²) >= 11 is 0. The van der Waals surface area contributed by atoms with Gasteiger partial charge in [-0.25, -0.2) is 9.37 Å². The van der Waals surface area contributed by atoms with Crippen LogP contribution in [0.25, 0.3) is 0 Å². The van der Waals surface area contributed by atoms with E-state index in [1.54, 1.807) is 24.1 Å². The molecule has 0 saturated carbocycles. The number of anilines is 3. The summed E-state index contributed by atoms with van der Waals surface area (Å²) in [6, 6.07) is 6.19. The molecule has 0 saturated heterocycles. The van der Waals surface area contributed by atoms with Crippen molar-refractivity contribution in [1.29, 1.82) is 0 Å². The van der Waals surface area contributed by atoms with Crippen molar-refractivity contribution in [3.05, 3.63) is 36.4 Å². The Labute approximate surface area is 117 Å². The predicted octanol–water partition coefficient (Wildman–Crippen LogP) is 2.75. The first-order chi connectivity index (χ1) is 9.49. The molecular formula is C14H17FN4O. The average Bonchev–Trinajstić information content (AvgIpc) is 2.40. The van der Waals surface area contributed by atoms with Crippen molar-refractivity contribution < 1.29 is 9.13 Å². The number of hydrogen-bond donors (Lipinski definition) is 1. The van der Waals surface area contributed by atoms with E-state index in [0.717, 1.165) is 0 Å². The van der Waals surface area contributed by atoms with Gasteiger partial charge in [0.15, 0.2) is 5.82 Å². The number of aromatic nitrogens is 2. The van der Waals surface area contributed by atoms with E-state index in [1.165, 1.54) is 18.5 Å². The predicted molar refractivity (Wildman–Crippen MR) is 76.7 cm³/mol. The summed E-state index contributed by atoms with van der Waals surface area (Å²) in [7, 11) is 1.76. The molecule has 1 heterocycles. The molecule has 0 spiro atoms. The number of nitrogens with zero attached hydrogens (tertiary/aromatic N) is 3. The Kier molecular flexibility index (Phi) is 4.02. The van der Waals surface area contributed by atoms with Crippen molar-refractivity contribution >= 4 is 17.2 Å². The van der Waals surface area contributed by atoms with Gasteiger partial charge in [-0.05, 0) is 32.0 Å². The number of nitrogens with two attached hydrogens (primary N) is 1. The molecule has 5 nitrogen and oxygen atoms in total. The molecule has 0 aliphatic carbocycles. The van der Waals surface area contributed by atoms with Crippen molar-refractivity contribution in [1.82, 2.24) is 9.97 Å². The summed E-state index contributed by atoms with van der Waals surface area (Å²) in [5.74, 6) is 0.482. The van der Waals surface area contributed by atoms with Gasteiger partial charge in [0.2, 0.25) is 5.88 Å². The molecule has 20 heavy (non-hydrogen) atoms. The smallest absolute Gasteiger partial charge is 0.242 e. The van der Waals surface area contributed by atoms with Gasteiger partial charge < -0.3 is 15.4 Å². The minimum Gasteiger partial charge on any atom is -0.473 e. The van der Waals surface area contributed by atoms with Crippen LogP contribution in [0.15, 0.2) is 30.6 Å². The normalized spacial score (nSPS) is 10.7. The Bertz CT molecular complexity index is 603. The zero-order valence-corrected chi connectivity index (χ0v) is 11.7. The van der Waals surface area contributed by atoms with Crippen LogP contribution < -0.4 is 15.4 Å². The molecule has 0 radical (unpaired) electrons. The van der Waals surface area contributed by atoms with Crippen LogP contribution in [0.5, 0.6) is 5.88 Å². The van der Waals surface area contributed by atoms with Gasteiger partial charge in [0, 0.05) is 12.7 Å². The Morgan fingerprint density at radius 3 is 2.70 bits per heavy atom. The molecule has 2 N–H and O–H groups in total. The molecule has 0 unspecified atom stereocenters. The molecule has 0 fully saturated rings. The third-order valence-corrected chi connectivity index (χ3v) is 2.69. The summed E-state index contributed by atoms with van der Waals surface area (Å²) in [5.41, 5.74) is 6.99. The highest BCUT2D eigenvalue weighted by atomic mass is 19.1. The minimum atomic E-state index is -0.319. The van der Waals surface area contributed by atoms with Crippen molar-refractivity contribution in [2.75, 3.05) is 17.7 Å². The molecule has 0 atom stereocenters. The molecule has 0 bridgehead atoms. The molecule has 6 heteroatoms. The molecule has 106 valence electrons. The maximum atomic E-state index is 13.3. The van der Waals surface area contributed by atoms with Crippen LogP contribution in [0.4, 0.5) is 21.6 Å². The summed E-state index contributed by atoms with van der Waals surface area (Å²) < 4.78 is 18.8. The van der Waals surface area contributed by atoms with Gasteiger partial charge in [0.25, 0.3) is 0 Å². The summed E-state index contributed by atoms with van der Waals surface area (Å²) in [5, 5.41) is 0. The topological polar surface area (TPSA) is 64.3 Å². The van der Waals surface area contributed by atoms with Gasteiger partial charge in [-0.3, -0.25) is 0 Å². The lowest BCUT2D eigenvalue weighted by Crippen LogP contribution is -2.16. The van der Waals surface area contributed by atoms with E-state index in [-0.39, 0.29) is 11.9 Å². The van der Waals surface area contributed by atoms with E-state index >= 15 is 0 Å². The van der Waals surface area contributed by atoms with E-state index in [0.29, 0.717) is 23.1 Å². The molecule has 0 amide bonds. The monoisotopic (exact) mass is 276 g/mol. The highest BCUT2D eigenvalue weighted by molar-refractivity contribution is 5.73. The Balaban J connectivity index is 2.37. The van der Waals surface area contributed by atoms with E-state index < -0.39 is 0 Å². The quantitative estimate of drug-likeness (QED) is 0.930. The zero-order chi connectivity index (χ0) is 14.7. The van der Waals surface area contributed by atoms with E-state index in [4.69, 9.17) is 10.5 Å². The van der Waals surface area contributed by atoms with Gasteiger partial charge in [0.1, 0.15) is 17.8 Å².